The Hall–Kier alpha value is -1.82. The van der Waals surface area contributed by atoms with Crippen LogP contribution in [0.25, 0.3) is 10.2 Å². The number of rotatable bonds is 1. The number of anilines is 2. The maximum Gasteiger partial charge on any atom is 0.414 e. The van der Waals surface area contributed by atoms with Gasteiger partial charge < -0.3 is 10.8 Å². The lowest BCUT2D eigenvalue weighted by Crippen LogP contribution is -2.45. The summed E-state index contributed by atoms with van der Waals surface area (Å²) in [5, 5.41) is 9.78. The van der Waals surface area contributed by atoms with Gasteiger partial charge in [0.25, 0.3) is 0 Å². The molecule has 18 heavy (non-hydrogen) atoms. The molecule has 2 rings (SSSR count). The normalized spacial score (nSPS) is 11.7. The predicted octanol–water partition coefficient (Wildman–Crippen LogP) is 3.16. The number of nitrogens with two attached hydrogens (primary N) is 1. The van der Waals surface area contributed by atoms with E-state index in [2.05, 4.69) is 4.98 Å². The molecule has 0 saturated heterocycles. The van der Waals surface area contributed by atoms with Crippen molar-refractivity contribution in [2.45, 2.75) is 26.3 Å². The van der Waals surface area contributed by atoms with Crippen LogP contribution in [0, 0.1) is 0 Å². The molecule has 0 saturated carbocycles. The van der Waals surface area contributed by atoms with Crippen LogP contribution in [-0.4, -0.2) is 21.7 Å². The van der Waals surface area contributed by atoms with Crippen LogP contribution in [0.3, 0.4) is 0 Å². The maximum absolute atomic E-state index is 11.4. The van der Waals surface area contributed by atoms with Gasteiger partial charge in [-0.05, 0) is 39.0 Å². The molecule has 3 N–H and O–H groups in total. The molecule has 1 aromatic carbocycles. The number of carboxylic acid groups (broad SMARTS) is 1. The molecule has 0 bridgehead atoms. The van der Waals surface area contributed by atoms with Crippen LogP contribution >= 0.6 is 11.3 Å². The number of nitrogens with zero attached hydrogens (tertiary/aromatic N) is 2. The van der Waals surface area contributed by atoms with Gasteiger partial charge in [-0.1, -0.05) is 11.3 Å². The van der Waals surface area contributed by atoms with Crippen LogP contribution in [0.4, 0.5) is 15.6 Å². The average Bonchev–Trinajstić information content (AvgIpc) is 2.56. The van der Waals surface area contributed by atoms with E-state index in [1.165, 1.54) is 16.2 Å². The zero-order chi connectivity index (χ0) is 13.5. The van der Waals surface area contributed by atoms with Crippen molar-refractivity contribution in [2.75, 3.05) is 10.6 Å². The molecule has 1 amide bonds. The lowest BCUT2D eigenvalue weighted by Gasteiger charge is -2.30. The maximum atomic E-state index is 11.4. The van der Waals surface area contributed by atoms with Gasteiger partial charge in [0.2, 0.25) is 0 Å². The van der Waals surface area contributed by atoms with Crippen molar-refractivity contribution in [3.63, 3.8) is 0 Å². The Balaban J connectivity index is 2.55. The van der Waals surface area contributed by atoms with Gasteiger partial charge in [0.1, 0.15) is 0 Å². The summed E-state index contributed by atoms with van der Waals surface area (Å²) in [5.41, 5.74) is 6.58. The van der Waals surface area contributed by atoms with Crippen LogP contribution in [0.2, 0.25) is 0 Å². The number of carbonyl (C=O) groups is 1. The minimum absolute atomic E-state index is 0.468. The first-order valence-corrected chi connectivity index (χ1v) is 6.30. The number of benzene rings is 1. The molecule has 0 aliphatic heterocycles. The number of thiazole rings is 1. The Bertz CT molecular complexity index is 601. The van der Waals surface area contributed by atoms with Gasteiger partial charge in [-0.15, -0.1) is 0 Å². The molecule has 1 aromatic heterocycles. The van der Waals surface area contributed by atoms with Crippen molar-refractivity contribution in [3.8, 4) is 0 Å². The fourth-order valence-corrected chi connectivity index (χ4v) is 2.88. The first-order valence-electron chi connectivity index (χ1n) is 5.48. The minimum Gasteiger partial charge on any atom is -0.465 e. The molecule has 2 aromatic rings. The summed E-state index contributed by atoms with van der Waals surface area (Å²) in [4.78, 5) is 17.0. The van der Waals surface area contributed by atoms with E-state index in [0.717, 1.165) is 10.2 Å². The molecule has 5 nitrogen and oxygen atoms in total. The number of aromatic nitrogens is 1. The third-order valence-electron chi connectivity index (χ3n) is 2.45. The fraction of sp³-hybridized carbons (Fsp3) is 0.333. The highest BCUT2D eigenvalue weighted by atomic mass is 32.1. The van der Waals surface area contributed by atoms with Crippen LogP contribution in [0.1, 0.15) is 20.8 Å². The van der Waals surface area contributed by atoms with Crippen molar-refractivity contribution in [1.82, 2.24) is 4.98 Å². The second-order valence-electron chi connectivity index (χ2n) is 5.01. The molecule has 6 heteroatoms. The summed E-state index contributed by atoms with van der Waals surface area (Å²) in [5.74, 6) is 0. The summed E-state index contributed by atoms with van der Waals surface area (Å²) in [6.07, 6.45) is -1.01. The van der Waals surface area contributed by atoms with Crippen LogP contribution in [0.5, 0.6) is 0 Å². The van der Waals surface area contributed by atoms with E-state index in [1.54, 1.807) is 18.2 Å². The number of amides is 1. The minimum atomic E-state index is -1.01. The summed E-state index contributed by atoms with van der Waals surface area (Å²) in [6.45, 7) is 5.50. The van der Waals surface area contributed by atoms with Gasteiger partial charge in [-0.2, -0.15) is 0 Å². The molecule has 96 valence electrons. The predicted molar refractivity (Wildman–Crippen MR) is 74.3 cm³/mol. The van der Waals surface area contributed by atoms with Gasteiger partial charge in [0.05, 0.1) is 10.2 Å². The van der Waals surface area contributed by atoms with Crippen molar-refractivity contribution in [1.29, 1.82) is 0 Å². The quantitative estimate of drug-likeness (QED) is 0.776. The number of hydrogen-bond acceptors (Lipinski definition) is 4. The molecular formula is C12H15N3O2S. The molecular weight excluding hydrogens is 250 g/mol. The highest BCUT2D eigenvalue weighted by Crippen LogP contribution is 2.33. The van der Waals surface area contributed by atoms with E-state index in [4.69, 9.17) is 5.73 Å². The van der Waals surface area contributed by atoms with E-state index in [9.17, 15) is 9.90 Å². The first-order chi connectivity index (χ1) is 8.29. The fourth-order valence-electron chi connectivity index (χ4n) is 1.68. The standard InChI is InChI=1S/C12H15N3O2S/c1-12(2,3)15(11(16)17)10-14-8-5-4-7(13)6-9(8)18-10/h4-6H,13H2,1-3H3,(H,16,17). The van der Waals surface area contributed by atoms with E-state index in [1.807, 2.05) is 20.8 Å². The van der Waals surface area contributed by atoms with Crippen molar-refractivity contribution < 1.29 is 9.90 Å². The summed E-state index contributed by atoms with van der Waals surface area (Å²) in [7, 11) is 0. The van der Waals surface area contributed by atoms with E-state index < -0.39 is 11.6 Å². The molecule has 0 fully saturated rings. The second kappa shape index (κ2) is 4.13. The van der Waals surface area contributed by atoms with Crippen molar-refractivity contribution in [3.05, 3.63) is 18.2 Å². The Morgan fingerprint density at radius 2 is 2.11 bits per heavy atom. The van der Waals surface area contributed by atoms with Crippen LogP contribution < -0.4 is 10.6 Å². The molecule has 1 heterocycles. The number of hydrogen-bond donors (Lipinski definition) is 2. The third kappa shape index (κ3) is 2.24. The second-order valence-corrected chi connectivity index (χ2v) is 6.02. The van der Waals surface area contributed by atoms with Crippen LogP contribution in [-0.2, 0) is 0 Å². The smallest absolute Gasteiger partial charge is 0.414 e. The van der Waals surface area contributed by atoms with Gasteiger partial charge in [0.15, 0.2) is 5.13 Å². The lowest BCUT2D eigenvalue weighted by molar-refractivity contribution is 0.195. The Kier molecular flexibility index (Phi) is 2.90. The largest absolute Gasteiger partial charge is 0.465 e. The first kappa shape index (κ1) is 12.6. The topological polar surface area (TPSA) is 79.5 Å². The monoisotopic (exact) mass is 265 g/mol. The molecule has 0 aliphatic rings. The SMILES string of the molecule is CC(C)(C)N(C(=O)O)c1nc2ccc(N)cc2s1. The number of fused-ring (bicyclic) bond motifs is 1. The molecule has 0 spiro atoms. The summed E-state index contributed by atoms with van der Waals surface area (Å²) in [6, 6.07) is 5.36. The molecule has 0 atom stereocenters. The van der Waals surface area contributed by atoms with E-state index in [0.29, 0.717) is 10.8 Å². The van der Waals surface area contributed by atoms with Crippen LogP contribution in [0.15, 0.2) is 18.2 Å². The highest BCUT2D eigenvalue weighted by Gasteiger charge is 2.30. The average molecular weight is 265 g/mol. The Labute approximate surface area is 109 Å². The zero-order valence-corrected chi connectivity index (χ0v) is 11.3. The number of nitrogen functional groups attached to an aromatic ring is 1. The van der Waals surface area contributed by atoms with Gasteiger partial charge in [0, 0.05) is 11.2 Å². The summed E-state index contributed by atoms with van der Waals surface area (Å²) >= 11 is 1.33. The molecule has 0 unspecified atom stereocenters. The van der Waals surface area contributed by atoms with E-state index >= 15 is 0 Å². The molecule has 0 radical (unpaired) electrons. The lowest BCUT2D eigenvalue weighted by atomic mass is 10.1. The highest BCUT2D eigenvalue weighted by molar-refractivity contribution is 7.22. The Morgan fingerprint density at radius 3 is 2.67 bits per heavy atom. The summed E-state index contributed by atoms with van der Waals surface area (Å²) < 4.78 is 0.889. The van der Waals surface area contributed by atoms with Crippen molar-refractivity contribution in [2.24, 2.45) is 0 Å². The third-order valence-corrected chi connectivity index (χ3v) is 3.46. The van der Waals surface area contributed by atoms with E-state index in [-0.39, 0.29) is 0 Å². The molecule has 0 aliphatic carbocycles. The Morgan fingerprint density at radius 1 is 1.44 bits per heavy atom. The van der Waals surface area contributed by atoms with Gasteiger partial charge in [-0.3, -0.25) is 0 Å². The zero-order valence-electron chi connectivity index (χ0n) is 10.5. The van der Waals surface area contributed by atoms with Crippen molar-refractivity contribution >= 4 is 38.5 Å². The van der Waals surface area contributed by atoms with Gasteiger partial charge in [-0.25, -0.2) is 14.7 Å². The van der Waals surface area contributed by atoms with Gasteiger partial charge >= 0.3 is 6.09 Å².